The summed E-state index contributed by atoms with van der Waals surface area (Å²) in [6, 6.07) is 5.49. The van der Waals surface area contributed by atoms with Gasteiger partial charge in [-0.2, -0.15) is 0 Å². The molecule has 1 aromatic rings. The average Bonchev–Trinajstić information content (AvgIpc) is 2.37. The highest BCUT2D eigenvalue weighted by Crippen LogP contribution is 2.17. The summed E-state index contributed by atoms with van der Waals surface area (Å²) in [6.45, 7) is 5.62. The number of urea groups is 1. The van der Waals surface area contributed by atoms with Gasteiger partial charge < -0.3 is 15.7 Å². The minimum Gasteiger partial charge on any atom is -0.480 e. The summed E-state index contributed by atoms with van der Waals surface area (Å²) in [6.07, 6.45) is 0.383. The molecule has 21 heavy (non-hydrogen) atoms. The fraction of sp³-hybridized carbons (Fsp3) is 0.467. The third-order valence-electron chi connectivity index (χ3n) is 3.01. The van der Waals surface area contributed by atoms with Crippen molar-refractivity contribution in [3.8, 4) is 0 Å². The molecule has 5 nitrogen and oxygen atoms in total. The molecule has 0 aliphatic rings. The lowest BCUT2D eigenvalue weighted by Crippen LogP contribution is -2.47. The van der Waals surface area contributed by atoms with E-state index in [1.54, 1.807) is 18.2 Å². The SMILES string of the molecule is CC(C)C[C@H](NC(=O)NC(C)c1cccc(Cl)c1)C(=O)O. The number of hydrogen-bond acceptors (Lipinski definition) is 2. The maximum Gasteiger partial charge on any atom is 0.326 e. The van der Waals surface area contributed by atoms with Gasteiger partial charge in [0.1, 0.15) is 6.04 Å². The van der Waals surface area contributed by atoms with Gasteiger partial charge in [-0.3, -0.25) is 0 Å². The van der Waals surface area contributed by atoms with Crippen LogP contribution in [0, 0.1) is 5.92 Å². The lowest BCUT2D eigenvalue weighted by Gasteiger charge is -2.20. The van der Waals surface area contributed by atoms with E-state index in [1.807, 2.05) is 26.8 Å². The first-order valence-corrected chi connectivity index (χ1v) is 7.22. The van der Waals surface area contributed by atoms with E-state index in [0.29, 0.717) is 11.4 Å². The molecule has 0 aliphatic heterocycles. The second-order valence-electron chi connectivity index (χ2n) is 5.41. The molecule has 1 aromatic carbocycles. The van der Waals surface area contributed by atoms with Crippen molar-refractivity contribution in [1.29, 1.82) is 0 Å². The van der Waals surface area contributed by atoms with Crippen LogP contribution in [-0.2, 0) is 4.79 Å². The molecule has 0 aliphatic carbocycles. The van der Waals surface area contributed by atoms with Crippen LogP contribution in [0.25, 0.3) is 0 Å². The van der Waals surface area contributed by atoms with E-state index in [2.05, 4.69) is 10.6 Å². The number of halogens is 1. The summed E-state index contributed by atoms with van der Waals surface area (Å²) in [5, 5.41) is 14.9. The Kier molecular flexibility index (Phi) is 6.49. The van der Waals surface area contributed by atoms with Crippen molar-refractivity contribution in [2.45, 2.75) is 39.3 Å². The molecule has 0 bridgehead atoms. The number of carboxylic acids is 1. The van der Waals surface area contributed by atoms with Crippen LogP contribution in [0.1, 0.15) is 38.8 Å². The molecule has 6 heteroatoms. The maximum atomic E-state index is 11.9. The molecule has 1 unspecified atom stereocenters. The number of nitrogens with one attached hydrogen (secondary N) is 2. The van der Waals surface area contributed by atoms with Crippen LogP contribution in [0.15, 0.2) is 24.3 Å². The first-order chi connectivity index (χ1) is 9.79. The maximum absolute atomic E-state index is 11.9. The van der Waals surface area contributed by atoms with Crippen molar-refractivity contribution in [3.05, 3.63) is 34.9 Å². The quantitative estimate of drug-likeness (QED) is 0.754. The molecule has 2 atom stereocenters. The molecule has 0 saturated heterocycles. The molecule has 0 saturated carbocycles. The smallest absolute Gasteiger partial charge is 0.326 e. The summed E-state index contributed by atoms with van der Waals surface area (Å²) >= 11 is 5.90. The number of carbonyl (C=O) groups excluding carboxylic acids is 1. The Hall–Kier alpha value is -1.75. The largest absolute Gasteiger partial charge is 0.480 e. The Morgan fingerprint density at radius 3 is 2.43 bits per heavy atom. The summed E-state index contributed by atoms with van der Waals surface area (Å²) in [7, 11) is 0. The van der Waals surface area contributed by atoms with Crippen LogP contribution >= 0.6 is 11.6 Å². The third kappa shape index (κ3) is 6.04. The van der Waals surface area contributed by atoms with E-state index >= 15 is 0 Å². The zero-order valence-electron chi connectivity index (χ0n) is 12.4. The topological polar surface area (TPSA) is 78.4 Å². The summed E-state index contributed by atoms with van der Waals surface area (Å²) in [5.41, 5.74) is 0.855. The van der Waals surface area contributed by atoms with Crippen LogP contribution in [-0.4, -0.2) is 23.1 Å². The number of amides is 2. The Labute approximate surface area is 129 Å². The Morgan fingerprint density at radius 1 is 1.24 bits per heavy atom. The van der Waals surface area contributed by atoms with Gasteiger partial charge in [-0.1, -0.05) is 37.6 Å². The molecular formula is C15H21ClN2O3. The summed E-state index contributed by atoms with van der Waals surface area (Å²) < 4.78 is 0. The van der Waals surface area contributed by atoms with Crippen LogP contribution < -0.4 is 10.6 Å². The second kappa shape index (κ2) is 7.88. The van der Waals surface area contributed by atoms with Crippen molar-refractivity contribution < 1.29 is 14.7 Å². The van der Waals surface area contributed by atoms with E-state index < -0.39 is 18.0 Å². The van der Waals surface area contributed by atoms with E-state index in [4.69, 9.17) is 16.7 Å². The molecule has 0 heterocycles. The first-order valence-electron chi connectivity index (χ1n) is 6.85. The van der Waals surface area contributed by atoms with Crippen molar-refractivity contribution >= 4 is 23.6 Å². The van der Waals surface area contributed by atoms with Crippen molar-refractivity contribution in [1.82, 2.24) is 10.6 Å². The van der Waals surface area contributed by atoms with Crippen LogP contribution in [0.5, 0.6) is 0 Å². The molecular weight excluding hydrogens is 292 g/mol. The van der Waals surface area contributed by atoms with E-state index in [0.717, 1.165) is 5.56 Å². The van der Waals surface area contributed by atoms with Crippen molar-refractivity contribution in [2.24, 2.45) is 5.92 Å². The normalized spacial score (nSPS) is 13.6. The van der Waals surface area contributed by atoms with Gasteiger partial charge in [0.15, 0.2) is 0 Å². The van der Waals surface area contributed by atoms with Crippen LogP contribution in [0.2, 0.25) is 5.02 Å². The highest BCUT2D eigenvalue weighted by atomic mass is 35.5. The standard InChI is InChI=1S/C15H21ClN2O3/c1-9(2)7-13(14(19)20)18-15(21)17-10(3)11-5-4-6-12(16)8-11/h4-6,8-10,13H,7H2,1-3H3,(H,19,20)(H2,17,18,21)/t10?,13-/m0/s1. The highest BCUT2D eigenvalue weighted by molar-refractivity contribution is 6.30. The predicted molar refractivity (Wildman–Crippen MR) is 82.4 cm³/mol. The fourth-order valence-electron chi connectivity index (χ4n) is 1.95. The van der Waals surface area contributed by atoms with Gasteiger partial charge in [0.25, 0.3) is 0 Å². The first kappa shape index (κ1) is 17.3. The number of carbonyl (C=O) groups is 2. The zero-order chi connectivity index (χ0) is 16.0. The molecule has 0 aromatic heterocycles. The lowest BCUT2D eigenvalue weighted by molar-refractivity contribution is -0.139. The van der Waals surface area contributed by atoms with Gasteiger partial charge >= 0.3 is 12.0 Å². The highest BCUT2D eigenvalue weighted by Gasteiger charge is 2.21. The molecule has 2 amide bonds. The third-order valence-corrected chi connectivity index (χ3v) is 3.24. The van der Waals surface area contributed by atoms with Gasteiger partial charge in [0.05, 0.1) is 6.04 Å². The molecule has 1 rings (SSSR count). The fourth-order valence-corrected chi connectivity index (χ4v) is 2.15. The van der Waals surface area contributed by atoms with Gasteiger partial charge in [0, 0.05) is 5.02 Å². The number of benzene rings is 1. The number of carboxylic acid groups (broad SMARTS) is 1. The molecule has 116 valence electrons. The summed E-state index contributed by atoms with van der Waals surface area (Å²) in [5.74, 6) is -0.856. The van der Waals surface area contributed by atoms with Gasteiger partial charge in [-0.15, -0.1) is 0 Å². The van der Waals surface area contributed by atoms with Crippen molar-refractivity contribution in [2.75, 3.05) is 0 Å². The Bertz CT molecular complexity index is 505. The van der Waals surface area contributed by atoms with E-state index in [-0.39, 0.29) is 12.0 Å². The lowest BCUT2D eigenvalue weighted by atomic mass is 10.0. The minimum absolute atomic E-state index is 0.178. The molecule has 3 N–H and O–H groups in total. The molecule has 0 spiro atoms. The van der Waals surface area contributed by atoms with Gasteiger partial charge in [-0.05, 0) is 37.0 Å². The molecule has 0 fully saturated rings. The number of aliphatic carboxylic acids is 1. The Morgan fingerprint density at radius 2 is 1.90 bits per heavy atom. The average molecular weight is 313 g/mol. The van der Waals surface area contributed by atoms with Crippen LogP contribution in [0.4, 0.5) is 4.79 Å². The second-order valence-corrected chi connectivity index (χ2v) is 5.85. The number of hydrogen-bond donors (Lipinski definition) is 3. The van der Waals surface area contributed by atoms with Crippen LogP contribution in [0.3, 0.4) is 0 Å². The van der Waals surface area contributed by atoms with E-state index in [9.17, 15) is 9.59 Å². The van der Waals surface area contributed by atoms with Crippen molar-refractivity contribution in [3.63, 3.8) is 0 Å². The Balaban J connectivity index is 2.61. The molecule has 0 radical (unpaired) electrons. The van der Waals surface area contributed by atoms with Gasteiger partial charge in [-0.25, -0.2) is 9.59 Å². The van der Waals surface area contributed by atoms with E-state index in [1.165, 1.54) is 0 Å². The number of rotatable bonds is 6. The predicted octanol–water partition coefficient (Wildman–Crippen LogP) is 3.20. The summed E-state index contributed by atoms with van der Waals surface area (Å²) in [4.78, 5) is 23.0. The monoisotopic (exact) mass is 312 g/mol. The van der Waals surface area contributed by atoms with Gasteiger partial charge in [0.2, 0.25) is 0 Å². The zero-order valence-corrected chi connectivity index (χ0v) is 13.1. The minimum atomic E-state index is -1.03.